The Hall–Kier alpha value is -1.70. The number of H-pyrrole nitrogens is 1. The van der Waals surface area contributed by atoms with E-state index in [-0.39, 0.29) is 0 Å². The van der Waals surface area contributed by atoms with Crippen molar-refractivity contribution in [3.8, 4) is 17.0 Å². The first-order valence-corrected chi connectivity index (χ1v) is 4.21. The second kappa shape index (κ2) is 2.98. The summed E-state index contributed by atoms with van der Waals surface area (Å²) in [7, 11) is 0. The van der Waals surface area contributed by atoms with Crippen LogP contribution in [0.5, 0.6) is 5.75 Å². The van der Waals surface area contributed by atoms with Gasteiger partial charge in [-0.1, -0.05) is 11.6 Å². The van der Waals surface area contributed by atoms with Gasteiger partial charge < -0.3 is 10.1 Å². The minimum Gasteiger partial charge on any atom is -0.507 e. The summed E-state index contributed by atoms with van der Waals surface area (Å²) in [6.45, 7) is 2.01. The summed E-state index contributed by atoms with van der Waals surface area (Å²) in [5.74, 6) is 0.313. The number of aromatic hydroxyl groups is 1. The van der Waals surface area contributed by atoms with Gasteiger partial charge in [-0.3, -0.25) is 0 Å². The quantitative estimate of drug-likeness (QED) is 0.683. The summed E-state index contributed by atoms with van der Waals surface area (Å²) in [6.07, 6.45) is 1.84. The van der Waals surface area contributed by atoms with Crippen LogP contribution >= 0.6 is 0 Å². The Kier molecular flexibility index (Phi) is 1.81. The van der Waals surface area contributed by atoms with Gasteiger partial charge in [-0.2, -0.15) is 0 Å². The molecule has 0 aliphatic rings. The van der Waals surface area contributed by atoms with Crippen LogP contribution in [0, 0.1) is 6.92 Å². The zero-order valence-electron chi connectivity index (χ0n) is 7.41. The van der Waals surface area contributed by atoms with Gasteiger partial charge in [0.1, 0.15) is 5.75 Å². The lowest BCUT2D eigenvalue weighted by atomic mass is 10.1. The van der Waals surface area contributed by atoms with Crippen LogP contribution in [0.2, 0.25) is 0 Å². The van der Waals surface area contributed by atoms with Gasteiger partial charge in [-0.05, 0) is 31.2 Å². The van der Waals surface area contributed by atoms with Crippen LogP contribution in [0.3, 0.4) is 0 Å². The second-order valence-electron chi connectivity index (χ2n) is 3.10. The second-order valence-corrected chi connectivity index (χ2v) is 3.10. The molecule has 0 spiro atoms. The first kappa shape index (κ1) is 7.92. The molecule has 2 N–H and O–H groups in total. The van der Waals surface area contributed by atoms with Crippen LogP contribution in [-0.4, -0.2) is 10.1 Å². The Balaban J connectivity index is 2.57. The lowest BCUT2D eigenvalue weighted by Gasteiger charge is -2.02. The molecule has 0 radical (unpaired) electrons. The molecule has 66 valence electrons. The molecule has 1 aromatic heterocycles. The largest absolute Gasteiger partial charge is 0.507 e. The van der Waals surface area contributed by atoms with Crippen molar-refractivity contribution in [2.45, 2.75) is 6.92 Å². The molecular weight excluding hydrogens is 162 g/mol. The van der Waals surface area contributed by atoms with Crippen LogP contribution in [0.25, 0.3) is 11.3 Å². The minimum absolute atomic E-state index is 0.313. The van der Waals surface area contributed by atoms with Crippen molar-refractivity contribution < 1.29 is 5.11 Å². The Bertz CT molecular complexity index is 404. The van der Waals surface area contributed by atoms with E-state index in [1.165, 1.54) is 0 Å². The minimum atomic E-state index is 0.313. The molecule has 0 atom stereocenters. The van der Waals surface area contributed by atoms with Gasteiger partial charge in [0.05, 0.1) is 0 Å². The molecule has 0 aliphatic heterocycles. The van der Waals surface area contributed by atoms with E-state index in [1.54, 1.807) is 6.07 Å². The van der Waals surface area contributed by atoms with Crippen molar-refractivity contribution in [3.05, 3.63) is 42.1 Å². The number of phenols is 1. The van der Waals surface area contributed by atoms with E-state index in [2.05, 4.69) is 4.98 Å². The van der Waals surface area contributed by atoms with E-state index in [9.17, 15) is 5.11 Å². The van der Waals surface area contributed by atoms with Crippen molar-refractivity contribution in [2.75, 3.05) is 0 Å². The van der Waals surface area contributed by atoms with Gasteiger partial charge >= 0.3 is 0 Å². The van der Waals surface area contributed by atoms with Gasteiger partial charge in [0.2, 0.25) is 0 Å². The zero-order valence-corrected chi connectivity index (χ0v) is 7.41. The summed E-state index contributed by atoms with van der Waals surface area (Å²) in [6, 6.07) is 9.42. The first-order valence-electron chi connectivity index (χ1n) is 4.21. The number of aromatic nitrogens is 1. The number of hydrogen-bond donors (Lipinski definition) is 2. The summed E-state index contributed by atoms with van der Waals surface area (Å²) in [5, 5.41) is 9.59. The maximum atomic E-state index is 9.59. The number of phenolic OH excluding ortho intramolecular Hbond substituents is 1. The number of benzene rings is 1. The normalized spacial score (nSPS) is 10.2. The molecule has 2 rings (SSSR count). The zero-order chi connectivity index (χ0) is 9.26. The predicted octanol–water partition coefficient (Wildman–Crippen LogP) is 2.70. The van der Waals surface area contributed by atoms with Gasteiger partial charge in [0, 0.05) is 17.5 Å². The summed E-state index contributed by atoms with van der Waals surface area (Å²) < 4.78 is 0. The Morgan fingerprint density at radius 2 is 2.08 bits per heavy atom. The fourth-order valence-corrected chi connectivity index (χ4v) is 1.36. The fraction of sp³-hybridized carbons (Fsp3) is 0.0909. The van der Waals surface area contributed by atoms with Crippen molar-refractivity contribution in [2.24, 2.45) is 0 Å². The highest BCUT2D eigenvalue weighted by Gasteiger charge is 2.03. The predicted molar refractivity (Wildman–Crippen MR) is 52.6 cm³/mol. The number of aromatic amines is 1. The molecule has 2 heteroatoms. The third kappa shape index (κ3) is 1.43. The molecule has 13 heavy (non-hydrogen) atoms. The van der Waals surface area contributed by atoms with E-state index in [4.69, 9.17) is 0 Å². The maximum Gasteiger partial charge on any atom is 0.124 e. The maximum absolute atomic E-state index is 9.59. The smallest absolute Gasteiger partial charge is 0.124 e. The van der Waals surface area contributed by atoms with Crippen molar-refractivity contribution in [3.63, 3.8) is 0 Å². The lowest BCUT2D eigenvalue weighted by Crippen LogP contribution is -1.80. The molecule has 2 nitrogen and oxygen atoms in total. The standard InChI is InChI=1S/C11H11NO/c1-8-4-5-11(13)9(7-8)10-3-2-6-12-10/h2-7,12-13H,1H3. The molecule has 0 fully saturated rings. The van der Waals surface area contributed by atoms with Crippen molar-refractivity contribution in [1.82, 2.24) is 4.98 Å². The topological polar surface area (TPSA) is 36.0 Å². The highest BCUT2D eigenvalue weighted by Crippen LogP contribution is 2.28. The molecule has 1 heterocycles. The number of rotatable bonds is 1. The van der Waals surface area contributed by atoms with E-state index in [0.717, 1.165) is 16.8 Å². The molecule has 0 aliphatic carbocycles. The van der Waals surface area contributed by atoms with Crippen LogP contribution in [0.4, 0.5) is 0 Å². The molecule has 2 aromatic rings. The van der Waals surface area contributed by atoms with Crippen molar-refractivity contribution in [1.29, 1.82) is 0 Å². The molecular formula is C11H11NO. The third-order valence-corrected chi connectivity index (χ3v) is 2.04. The molecule has 0 saturated heterocycles. The van der Waals surface area contributed by atoms with E-state index in [1.807, 2.05) is 37.4 Å². The average Bonchev–Trinajstić information content (AvgIpc) is 2.61. The lowest BCUT2D eigenvalue weighted by molar-refractivity contribution is 0.477. The molecule has 0 amide bonds. The number of aryl methyl sites for hydroxylation is 1. The van der Waals surface area contributed by atoms with E-state index < -0.39 is 0 Å². The summed E-state index contributed by atoms with van der Waals surface area (Å²) in [4.78, 5) is 3.06. The monoisotopic (exact) mass is 173 g/mol. The van der Waals surface area contributed by atoms with Crippen molar-refractivity contribution >= 4 is 0 Å². The van der Waals surface area contributed by atoms with Gasteiger partial charge in [-0.15, -0.1) is 0 Å². The van der Waals surface area contributed by atoms with Crippen LogP contribution in [0.15, 0.2) is 36.5 Å². The fourth-order valence-electron chi connectivity index (χ4n) is 1.36. The Morgan fingerprint density at radius 3 is 2.77 bits per heavy atom. The highest BCUT2D eigenvalue weighted by atomic mass is 16.3. The number of nitrogens with one attached hydrogen (secondary N) is 1. The highest BCUT2D eigenvalue weighted by molar-refractivity contribution is 5.67. The van der Waals surface area contributed by atoms with Gasteiger partial charge in [0.15, 0.2) is 0 Å². The van der Waals surface area contributed by atoms with Gasteiger partial charge in [-0.25, -0.2) is 0 Å². The SMILES string of the molecule is Cc1ccc(O)c(-c2ccc[nH]2)c1. The Labute approximate surface area is 76.9 Å². The number of hydrogen-bond acceptors (Lipinski definition) is 1. The third-order valence-electron chi connectivity index (χ3n) is 2.04. The van der Waals surface area contributed by atoms with Gasteiger partial charge in [0.25, 0.3) is 0 Å². The summed E-state index contributed by atoms with van der Waals surface area (Å²) in [5.41, 5.74) is 2.94. The van der Waals surface area contributed by atoms with Crippen LogP contribution in [0.1, 0.15) is 5.56 Å². The van der Waals surface area contributed by atoms with Crippen LogP contribution < -0.4 is 0 Å². The molecule has 1 aromatic carbocycles. The molecule has 0 unspecified atom stereocenters. The molecule has 0 bridgehead atoms. The molecule has 0 saturated carbocycles. The van der Waals surface area contributed by atoms with E-state index in [0.29, 0.717) is 5.75 Å². The average molecular weight is 173 g/mol. The first-order chi connectivity index (χ1) is 6.27. The summed E-state index contributed by atoms with van der Waals surface area (Å²) >= 11 is 0. The Morgan fingerprint density at radius 1 is 1.23 bits per heavy atom. The van der Waals surface area contributed by atoms with Crippen LogP contribution in [-0.2, 0) is 0 Å². The van der Waals surface area contributed by atoms with E-state index >= 15 is 0 Å².